The Balaban J connectivity index is 2.21. The Morgan fingerprint density at radius 2 is 1.93 bits per heavy atom. The van der Waals surface area contributed by atoms with Crippen LogP contribution in [0.3, 0.4) is 0 Å². The van der Waals surface area contributed by atoms with Crippen molar-refractivity contribution in [2.24, 2.45) is 0 Å². The zero-order chi connectivity index (χ0) is 10.9. The topological polar surface area (TPSA) is 24.9 Å². The van der Waals surface area contributed by atoms with Gasteiger partial charge in [0.1, 0.15) is 0 Å². The average molecular weight is 204 g/mol. The number of pyridine rings is 1. The average Bonchev–Trinajstić information content (AvgIpc) is 2.15. The quantitative estimate of drug-likeness (QED) is 0.760. The van der Waals surface area contributed by atoms with Gasteiger partial charge in [-0.1, -0.05) is 0 Å². The Morgan fingerprint density at radius 3 is 2.67 bits per heavy atom. The molecule has 1 aliphatic rings. The molecule has 1 heterocycles. The lowest BCUT2D eigenvalue weighted by Gasteiger charge is -2.23. The van der Waals surface area contributed by atoms with Crippen LogP contribution in [-0.2, 0) is 12.8 Å². The van der Waals surface area contributed by atoms with Gasteiger partial charge in [0.15, 0.2) is 0 Å². The summed E-state index contributed by atoms with van der Waals surface area (Å²) in [5.74, 6) is 0. The van der Waals surface area contributed by atoms with Gasteiger partial charge in [-0.3, -0.25) is 4.98 Å². The summed E-state index contributed by atoms with van der Waals surface area (Å²) in [4.78, 5) is 4.54. The van der Waals surface area contributed by atoms with Gasteiger partial charge in [-0.25, -0.2) is 0 Å². The van der Waals surface area contributed by atoms with Crippen molar-refractivity contribution in [2.45, 2.75) is 52.0 Å². The Labute approximate surface area is 92.1 Å². The van der Waals surface area contributed by atoms with Gasteiger partial charge >= 0.3 is 0 Å². The van der Waals surface area contributed by atoms with Gasteiger partial charge in [0.05, 0.1) is 11.9 Å². The molecular formula is C13H20N2. The van der Waals surface area contributed by atoms with E-state index in [-0.39, 0.29) is 5.54 Å². The molecule has 0 aliphatic heterocycles. The van der Waals surface area contributed by atoms with Crippen LogP contribution in [0, 0.1) is 0 Å². The minimum Gasteiger partial charge on any atom is -0.379 e. The first-order valence-corrected chi connectivity index (χ1v) is 5.80. The van der Waals surface area contributed by atoms with E-state index in [1.807, 2.05) is 6.20 Å². The van der Waals surface area contributed by atoms with E-state index in [9.17, 15) is 0 Å². The fourth-order valence-electron chi connectivity index (χ4n) is 2.09. The van der Waals surface area contributed by atoms with Crippen LogP contribution in [0.5, 0.6) is 0 Å². The Hall–Kier alpha value is -1.05. The predicted octanol–water partition coefficient (Wildman–Crippen LogP) is 3.17. The second kappa shape index (κ2) is 3.84. The summed E-state index contributed by atoms with van der Waals surface area (Å²) in [5, 5.41) is 3.47. The number of rotatable bonds is 1. The van der Waals surface area contributed by atoms with E-state index < -0.39 is 0 Å². The highest BCUT2D eigenvalue weighted by molar-refractivity contribution is 5.47. The predicted molar refractivity (Wildman–Crippen MR) is 64.3 cm³/mol. The largest absolute Gasteiger partial charge is 0.379 e. The van der Waals surface area contributed by atoms with Crippen LogP contribution in [0.15, 0.2) is 12.3 Å². The number of nitrogens with zero attached hydrogens (tertiary/aromatic N) is 1. The third-order valence-electron chi connectivity index (χ3n) is 2.69. The molecule has 1 aromatic rings. The van der Waals surface area contributed by atoms with Crippen molar-refractivity contribution >= 4 is 5.69 Å². The van der Waals surface area contributed by atoms with Crippen molar-refractivity contribution < 1.29 is 0 Å². The molecule has 0 aromatic carbocycles. The van der Waals surface area contributed by atoms with Crippen LogP contribution >= 0.6 is 0 Å². The van der Waals surface area contributed by atoms with Crippen molar-refractivity contribution in [2.75, 3.05) is 5.32 Å². The Kier molecular flexibility index (Phi) is 2.68. The first-order chi connectivity index (χ1) is 7.04. The van der Waals surface area contributed by atoms with Crippen LogP contribution in [-0.4, -0.2) is 10.5 Å². The van der Waals surface area contributed by atoms with E-state index in [1.54, 1.807) is 0 Å². The highest BCUT2D eigenvalue weighted by Gasteiger charge is 2.13. The fourth-order valence-corrected chi connectivity index (χ4v) is 2.09. The lowest BCUT2D eigenvalue weighted by atomic mass is 9.96. The van der Waals surface area contributed by atoms with Crippen molar-refractivity contribution in [3.05, 3.63) is 23.5 Å². The Bertz CT molecular complexity index is 350. The lowest BCUT2D eigenvalue weighted by molar-refractivity contribution is 0.630. The molecule has 2 nitrogen and oxygen atoms in total. The van der Waals surface area contributed by atoms with Crippen molar-refractivity contribution in [1.29, 1.82) is 0 Å². The Morgan fingerprint density at radius 1 is 1.20 bits per heavy atom. The number of aryl methyl sites for hydroxylation is 2. The van der Waals surface area contributed by atoms with Crippen LogP contribution in [0.25, 0.3) is 0 Å². The smallest absolute Gasteiger partial charge is 0.0533 e. The fraction of sp³-hybridized carbons (Fsp3) is 0.615. The van der Waals surface area contributed by atoms with E-state index in [0.717, 1.165) is 12.1 Å². The van der Waals surface area contributed by atoms with Gasteiger partial charge < -0.3 is 5.32 Å². The van der Waals surface area contributed by atoms with Crippen LogP contribution in [0.2, 0.25) is 0 Å². The zero-order valence-corrected chi connectivity index (χ0v) is 9.93. The summed E-state index contributed by atoms with van der Waals surface area (Å²) >= 11 is 0. The van der Waals surface area contributed by atoms with E-state index in [1.165, 1.54) is 30.5 Å². The summed E-state index contributed by atoms with van der Waals surface area (Å²) in [6, 6.07) is 2.27. The molecule has 0 unspecified atom stereocenters. The summed E-state index contributed by atoms with van der Waals surface area (Å²) < 4.78 is 0. The standard InChI is InChI=1S/C13H20N2/c1-13(2,3)15-11-8-10-6-4-5-7-12(10)14-9-11/h8-9,15H,4-7H2,1-3H3. The normalized spacial score (nSPS) is 15.9. The maximum Gasteiger partial charge on any atom is 0.0533 e. The molecule has 0 amide bonds. The molecule has 0 saturated carbocycles. The molecule has 0 radical (unpaired) electrons. The second-order valence-corrected chi connectivity index (χ2v) is 5.41. The molecule has 1 aromatic heterocycles. The molecule has 15 heavy (non-hydrogen) atoms. The maximum atomic E-state index is 4.54. The molecule has 1 aliphatic carbocycles. The zero-order valence-electron chi connectivity index (χ0n) is 9.93. The highest BCUT2D eigenvalue weighted by Crippen LogP contribution is 2.23. The van der Waals surface area contributed by atoms with Gasteiger partial charge in [0.2, 0.25) is 0 Å². The van der Waals surface area contributed by atoms with E-state index >= 15 is 0 Å². The second-order valence-electron chi connectivity index (χ2n) is 5.41. The minimum absolute atomic E-state index is 0.116. The number of aromatic nitrogens is 1. The summed E-state index contributed by atoms with van der Waals surface area (Å²) in [6.07, 6.45) is 6.93. The number of anilines is 1. The van der Waals surface area contributed by atoms with Gasteiger partial charge in [-0.2, -0.15) is 0 Å². The number of nitrogens with one attached hydrogen (secondary N) is 1. The molecule has 2 rings (SSSR count). The minimum atomic E-state index is 0.116. The van der Waals surface area contributed by atoms with Gasteiger partial charge in [0, 0.05) is 11.2 Å². The molecule has 0 fully saturated rings. The number of hydrogen-bond acceptors (Lipinski definition) is 2. The van der Waals surface area contributed by atoms with Crippen molar-refractivity contribution in [3.63, 3.8) is 0 Å². The maximum absolute atomic E-state index is 4.54. The molecular weight excluding hydrogens is 184 g/mol. The number of fused-ring (bicyclic) bond motifs is 1. The highest BCUT2D eigenvalue weighted by atomic mass is 15.0. The van der Waals surface area contributed by atoms with Gasteiger partial charge in [-0.05, 0) is 58.1 Å². The lowest BCUT2D eigenvalue weighted by Crippen LogP contribution is -2.26. The molecule has 0 spiro atoms. The molecule has 1 N–H and O–H groups in total. The SMILES string of the molecule is CC(C)(C)Nc1cnc2c(c1)CCCC2. The summed E-state index contributed by atoms with van der Waals surface area (Å²) in [5.41, 5.74) is 4.02. The summed E-state index contributed by atoms with van der Waals surface area (Å²) in [7, 11) is 0. The van der Waals surface area contributed by atoms with E-state index in [2.05, 4.69) is 37.1 Å². The third-order valence-corrected chi connectivity index (χ3v) is 2.69. The first kappa shape index (κ1) is 10.5. The summed E-state index contributed by atoms with van der Waals surface area (Å²) in [6.45, 7) is 6.52. The third kappa shape index (κ3) is 2.71. The monoisotopic (exact) mass is 204 g/mol. The molecule has 0 atom stereocenters. The van der Waals surface area contributed by atoms with Gasteiger partial charge in [-0.15, -0.1) is 0 Å². The van der Waals surface area contributed by atoms with Crippen LogP contribution in [0.4, 0.5) is 5.69 Å². The molecule has 2 heteroatoms. The number of hydrogen-bond donors (Lipinski definition) is 1. The van der Waals surface area contributed by atoms with Crippen LogP contribution < -0.4 is 5.32 Å². The van der Waals surface area contributed by atoms with Gasteiger partial charge in [0.25, 0.3) is 0 Å². The van der Waals surface area contributed by atoms with Crippen molar-refractivity contribution in [3.8, 4) is 0 Å². The molecule has 0 bridgehead atoms. The molecule has 0 saturated heterocycles. The van der Waals surface area contributed by atoms with Crippen molar-refractivity contribution in [1.82, 2.24) is 4.98 Å². The molecule has 82 valence electrons. The van der Waals surface area contributed by atoms with Crippen LogP contribution in [0.1, 0.15) is 44.9 Å². The first-order valence-electron chi connectivity index (χ1n) is 5.80. The van der Waals surface area contributed by atoms with E-state index in [0.29, 0.717) is 0 Å². The van der Waals surface area contributed by atoms with E-state index in [4.69, 9.17) is 0 Å².